The smallest absolute Gasteiger partial charge is 0.268 e. The molecule has 4 aromatic rings. The number of hydrogen-bond donors (Lipinski definition) is 2. The van der Waals surface area contributed by atoms with Gasteiger partial charge in [-0.25, -0.2) is 0 Å². The normalized spacial score (nSPS) is 12.4. The molecular formula is C18H15N5O2. The molecule has 0 aliphatic carbocycles. The maximum Gasteiger partial charge on any atom is 0.268 e. The fourth-order valence-corrected chi connectivity index (χ4v) is 2.83. The zero-order valence-electron chi connectivity index (χ0n) is 13.4. The van der Waals surface area contributed by atoms with Gasteiger partial charge in [-0.3, -0.25) is 14.0 Å². The van der Waals surface area contributed by atoms with Crippen LogP contribution in [0.2, 0.25) is 0 Å². The summed E-state index contributed by atoms with van der Waals surface area (Å²) in [6.45, 7) is 1.82. The minimum atomic E-state index is -0.375. The van der Waals surface area contributed by atoms with Gasteiger partial charge in [0.05, 0.1) is 6.04 Å². The molecule has 124 valence electrons. The van der Waals surface area contributed by atoms with E-state index >= 15 is 0 Å². The van der Waals surface area contributed by atoms with Gasteiger partial charge in [-0.05, 0) is 36.6 Å². The van der Waals surface area contributed by atoms with Crippen LogP contribution in [0.1, 0.15) is 29.3 Å². The number of rotatable bonds is 3. The highest BCUT2D eigenvalue weighted by Gasteiger charge is 2.17. The summed E-state index contributed by atoms with van der Waals surface area (Å²) in [4.78, 5) is 27.3. The second-order valence-electron chi connectivity index (χ2n) is 5.78. The highest BCUT2D eigenvalue weighted by molar-refractivity contribution is 5.96. The summed E-state index contributed by atoms with van der Waals surface area (Å²) in [5, 5.41) is 12.3. The van der Waals surface area contributed by atoms with Gasteiger partial charge in [0.2, 0.25) is 0 Å². The fourth-order valence-electron chi connectivity index (χ4n) is 2.83. The van der Waals surface area contributed by atoms with Gasteiger partial charge in [0.1, 0.15) is 5.69 Å². The lowest BCUT2D eigenvalue weighted by Crippen LogP contribution is -2.30. The van der Waals surface area contributed by atoms with Crippen LogP contribution in [0.25, 0.3) is 16.4 Å². The molecule has 0 aliphatic heterocycles. The first-order chi connectivity index (χ1) is 12.1. The van der Waals surface area contributed by atoms with Gasteiger partial charge >= 0.3 is 0 Å². The number of hydrogen-bond acceptors (Lipinski definition) is 4. The molecule has 2 N–H and O–H groups in total. The zero-order valence-corrected chi connectivity index (χ0v) is 13.4. The predicted octanol–water partition coefficient (Wildman–Crippen LogP) is 2.06. The van der Waals surface area contributed by atoms with E-state index in [0.29, 0.717) is 16.9 Å². The highest BCUT2D eigenvalue weighted by Crippen LogP contribution is 2.14. The van der Waals surface area contributed by atoms with Gasteiger partial charge in [-0.2, -0.15) is 0 Å². The van der Waals surface area contributed by atoms with Crippen molar-refractivity contribution in [3.63, 3.8) is 0 Å². The number of amides is 1. The number of H-pyrrole nitrogens is 1. The van der Waals surface area contributed by atoms with Crippen molar-refractivity contribution in [2.75, 3.05) is 0 Å². The molecule has 7 heteroatoms. The first-order valence-electron chi connectivity index (χ1n) is 7.86. The summed E-state index contributed by atoms with van der Waals surface area (Å²) in [7, 11) is 0. The van der Waals surface area contributed by atoms with Crippen LogP contribution in [0, 0.1) is 0 Å². The maximum atomic E-state index is 12.5. The predicted molar refractivity (Wildman–Crippen MR) is 93.4 cm³/mol. The van der Waals surface area contributed by atoms with Crippen LogP contribution in [-0.4, -0.2) is 25.5 Å². The molecule has 0 saturated carbocycles. The van der Waals surface area contributed by atoms with Crippen molar-refractivity contribution in [2.24, 2.45) is 0 Å². The quantitative estimate of drug-likeness (QED) is 0.600. The number of aromatic nitrogens is 4. The van der Waals surface area contributed by atoms with E-state index in [0.717, 1.165) is 5.39 Å². The summed E-state index contributed by atoms with van der Waals surface area (Å²) in [6, 6.07) is 14.0. The number of benzene rings is 1. The van der Waals surface area contributed by atoms with Crippen LogP contribution in [0.4, 0.5) is 0 Å². The largest absolute Gasteiger partial charge is 0.341 e. The van der Waals surface area contributed by atoms with Crippen molar-refractivity contribution >= 4 is 22.3 Å². The van der Waals surface area contributed by atoms with E-state index in [1.807, 2.05) is 41.8 Å². The maximum absolute atomic E-state index is 12.5. The number of aromatic amines is 1. The molecule has 25 heavy (non-hydrogen) atoms. The van der Waals surface area contributed by atoms with E-state index in [1.165, 1.54) is 0 Å². The van der Waals surface area contributed by atoms with Gasteiger partial charge in [0, 0.05) is 11.6 Å². The molecule has 0 unspecified atom stereocenters. The topological polar surface area (TPSA) is 92.1 Å². The third kappa shape index (κ3) is 2.65. The van der Waals surface area contributed by atoms with E-state index in [-0.39, 0.29) is 23.2 Å². The minimum absolute atomic E-state index is 0.212. The molecule has 4 rings (SSSR count). The summed E-state index contributed by atoms with van der Waals surface area (Å²) in [5.41, 5.74) is 0.630. The summed E-state index contributed by atoms with van der Waals surface area (Å²) < 4.78 is 1.81. The molecule has 1 amide bonds. The molecule has 0 fully saturated rings. The number of carbonyl (C=O) groups is 1. The van der Waals surface area contributed by atoms with Crippen molar-refractivity contribution in [1.29, 1.82) is 0 Å². The minimum Gasteiger partial charge on any atom is -0.341 e. The molecule has 1 atom stereocenters. The van der Waals surface area contributed by atoms with Crippen LogP contribution in [-0.2, 0) is 0 Å². The van der Waals surface area contributed by atoms with Crippen molar-refractivity contribution in [2.45, 2.75) is 13.0 Å². The Balaban J connectivity index is 1.64. The van der Waals surface area contributed by atoms with Crippen molar-refractivity contribution in [3.05, 3.63) is 76.6 Å². The van der Waals surface area contributed by atoms with E-state index in [1.54, 1.807) is 24.3 Å². The molecule has 0 radical (unpaired) electrons. The summed E-state index contributed by atoms with van der Waals surface area (Å²) >= 11 is 0. The highest BCUT2D eigenvalue weighted by atomic mass is 16.2. The molecule has 3 aromatic heterocycles. The average molecular weight is 333 g/mol. The third-order valence-corrected chi connectivity index (χ3v) is 4.07. The van der Waals surface area contributed by atoms with Crippen LogP contribution >= 0.6 is 0 Å². The standard InChI is InChI=1S/C18H15N5O2/c1-11(16-22-21-15-8-4-5-9-23(15)16)19-18(25)14-10-12-6-2-3-7-13(12)17(24)20-14/h2-11H,1H3,(H,19,25)(H,20,24)/t11-/m0/s1. The monoisotopic (exact) mass is 333 g/mol. The van der Waals surface area contributed by atoms with Crippen LogP contribution in [0.15, 0.2) is 59.5 Å². The van der Waals surface area contributed by atoms with Crippen LogP contribution < -0.4 is 10.9 Å². The Bertz CT molecular complexity index is 1140. The van der Waals surface area contributed by atoms with E-state index in [4.69, 9.17) is 0 Å². The SMILES string of the molecule is C[C@H](NC(=O)c1cc2ccccc2c(=O)[nH]1)c1nnc2ccccn12. The van der Waals surface area contributed by atoms with Crippen LogP contribution in [0.5, 0.6) is 0 Å². The molecule has 0 saturated heterocycles. The van der Waals surface area contributed by atoms with Crippen molar-refractivity contribution in [1.82, 2.24) is 24.9 Å². The van der Waals surface area contributed by atoms with E-state index in [2.05, 4.69) is 20.5 Å². The van der Waals surface area contributed by atoms with Gasteiger partial charge in [0.25, 0.3) is 11.5 Å². The second kappa shape index (κ2) is 5.86. The molecule has 3 heterocycles. The first kappa shape index (κ1) is 15.1. The van der Waals surface area contributed by atoms with Gasteiger partial charge in [-0.15, -0.1) is 10.2 Å². The number of nitrogens with zero attached hydrogens (tertiary/aromatic N) is 3. The van der Waals surface area contributed by atoms with Crippen LogP contribution in [0.3, 0.4) is 0 Å². The molecule has 7 nitrogen and oxygen atoms in total. The average Bonchev–Trinajstić information content (AvgIpc) is 3.06. The first-order valence-corrected chi connectivity index (χ1v) is 7.86. The second-order valence-corrected chi connectivity index (χ2v) is 5.78. The molecule has 0 aliphatic rings. The molecular weight excluding hydrogens is 318 g/mol. The Kier molecular flexibility index (Phi) is 3.53. The Morgan fingerprint density at radius 3 is 2.84 bits per heavy atom. The lowest BCUT2D eigenvalue weighted by molar-refractivity contribution is 0.0933. The van der Waals surface area contributed by atoms with Gasteiger partial charge < -0.3 is 10.3 Å². The number of fused-ring (bicyclic) bond motifs is 2. The van der Waals surface area contributed by atoms with Crippen molar-refractivity contribution < 1.29 is 4.79 Å². The summed E-state index contributed by atoms with van der Waals surface area (Å²) in [5.74, 6) is 0.245. The lowest BCUT2D eigenvalue weighted by Gasteiger charge is -2.12. The fraction of sp³-hybridized carbons (Fsp3) is 0.111. The van der Waals surface area contributed by atoms with E-state index in [9.17, 15) is 9.59 Å². The van der Waals surface area contributed by atoms with E-state index < -0.39 is 0 Å². The molecule has 0 bridgehead atoms. The number of carbonyl (C=O) groups excluding carboxylic acids is 1. The Morgan fingerprint density at radius 1 is 1.16 bits per heavy atom. The Labute approximate surface area is 142 Å². The Hall–Kier alpha value is -3.48. The van der Waals surface area contributed by atoms with Crippen molar-refractivity contribution in [3.8, 4) is 0 Å². The van der Waals surface area contributed by atoms with Gasteiger partial charge in [0.15, 0.2) is 11.5 Å². The summed E-state index contributed by atoms with van der Waals surface area (Å²) in [6.07, 6.45) is 1.84. The molecule has 1 aromatic carbocycles. The third-order valence-electron chi connectivity index (χ3n) is 4.07. The Morgan fingerprint density at radius 2 is 1.96 bits per heavy atom. The number of nitrogens with one attached hydrogen (secondary N) is 2. The lowest BCUT2D eigenvalue weighted by atomic mass is 10.1. The molecule has 0 spiro atoms. The van der Waals surface area contributed by atoms with Gasteiger partial charge in [-0.1, -0.05) is 24.3 Å². The zero-order chi connectivity index (χ0) is 17.4. The number of pyridine rings is 2.